The minimum absolute atomic E-state index is 0.804. The third-order valence-corrected chi connectivity index (χ3v) is 17.8. The highest BCUT2D eigenvalue weighted by molar-refractivity contribution is 6.16. The molecule has 18 aromatic rings. The molecule has 6 nitrogen and oxygen atoms in total. The van der Waals surface area contributed by atoms with Crippen LogP contribution >= 0.6 is 0 Å². The van der Waals surface area contributed by atoms with Crippen molar-refractivity contribution >= 4 is 98.3 Å². The van der Waals surface area contributed by atoms with Gasteiger partial charge in [-0.15, -0.1) is 0 Å². The molecule has 0 saturated heterocycles. The molecule has 6 aromatic heterocycles. The SMILES string of the molecule is c1ccc(-c2ccccc2-c2ccnc3c(-n4c5ccccc5c5cc(-c6ccc7c(c6)c6ccccc6n7-c6ccccc6)ccc54)cc(-n4c5ccccc5c5cc(-c6ccc7c(c6)c6ccccc6n7-c6ccccc6)ccc54)nc23)cc1. The van der Waals surface area contributed by atoms with Gasteiger partial charge in [0.1, 0.15) is 16.9 Å². The van der Waals surface area contributed by atoms with Gasteiger partial charge in [-0.2, -0.15) is 0 Å². The van der Waals surface area contributed by atoms with E-state index in [0.717, 1.165) is 122 Å². The van der Waals surface area contributed by atoms with Crippen molar-refractivity contribution in [3.8, 4) is 67.4 Å². The van der Waals surface area contributed by atoms with Gasteiger partial charge >= 0.3 is 0 Å². The van der Waals surface area contributed by atoms with Gasteiger partial charge in [-0.05, 0) is 142 Å². The maximum absolute atomic E-state index is 5.84. The van der Waals surface area contributed by atoms with E-state index in [1.807, 2.05) is 6.20 Å². The van der Waals surface area contributed by atoms with Crippen molar-refractivity contribution in [1.29, 1.82) is 0 Å². The number of nitrogens with zero attached hydrogens (tertiary/aromatic N) is 6. The number of hydrogen-bond donors (Lipinski definition) is 0. The van der Waals surface area contributed by atoms with Crippen LogP contribution in [0.3, 0.4) is 0 Å². The summed E-state index contributed by atoms with van der Waals surface area (Å²) >= 11 is 0. The van der Waals surface area contributed by atoms with Crippen molar-refractivity contribution in [3.05, 3.63) is 303 Å². The van der Waals surface area contributed by atoms with E-state index in [4.69, 9.17) is 9.97 Å². The second kappa shape index (κ2) is 19.0. The average Bonchev–Trinajstić information content (AvgIpc) is 1.74. The quantitative estimate of drug-likeness (QED) is 0.152. The third kappa shape index (κ3) is 7.26. The molecule has 12 aromatic carbocycles. The van der Waals surface area contributed by atoms with E-state index in [1.54, 1.807) is 0 Å². The first-order chi connectivity index (χ1) is 42.7. The first-order valence-corrected chi connectivity index (χ1v) is 29.4. The number of para-hydroxylation sites is 6. The van der Waals surface area contributed by atoms with Gasteiger partial charge in [0, 0.05) is 72.3 Å². The van der Waals surface area contributed by atoms with Gasteiger partial charge in [0.05, 0.1) is 49.8 Å². The lowest BCUT2D eigenvalue weighted by Gasteiger charge is -2.17. The molecule has 0 saturated carbocycles. The Morgan fingerprint density at radius 2 is 0.581 bits per heavy atom. The van der Waals surface area contributed by atoms with Crippen LogP contribution in [0.1, 0.15) is 0 Å². The van der Waals surface area contributed by atoms with Crippen molar-refractivity contribution in [2.24, 2.45) is 0 Å². The summed E-state index contributed by atoms with van der Waals surface area (Å²) in [6.07, 6.45) is 1.96. The maximum Gasteiger partial charge on any atom is 0.140 e. The molecule has 0 aliphatic rings. The first kappa shape index (κ1) is 48.0. The minimum atomic E-state index is 0.804. The molecule has 0 N–H and O–H groups in total. The van der Waals surface area contributed by atoms with Crippen LogP contribution in [0.2, 0.25) is 0 Å². The summed E-state index contributed by atoms with van der Waals surface area (Å²) in [6, 6.07) is 108. The van der Waals surface area contributed by atoms with Crippen molar-refractivity contribution in [1.82, 2.24) is 28.2 Å². The standard InChI is InChI=1S/C80H50N6/c1-4-20-51(21-5-1)58-26-10-11-27-59(58)64-44-45-81-80-77(85-71-34-18-14-30-62(71)67-48-54(38-42-75(67)85)52-36-40-73-65(46-52)60-28-12-16-32-69(60)83(73)56-22-6-2-7-23-56)50-78(82-79(64)80)86-72-35-19-15-31-63(72)68-49-55(39-43-76(68)86)53-37-41-74-66(47-53)61-29-13-17-33-70(61)84(74)57-24-8-3-9-25-57/h1-50H. The van der Waals surface area contributed by atoms with Crippen LogP contribution in [0.25, 0.3) is 166 Å². The van der Waals surface area contributed by atoms with Gasteiger partial charge in [0.2, 0.25) is 0 Å². The third-order valence-electron chi connectivity index (χ3n) is 17.8. The summed E-state index contributed by atoms with van der Waals surface area (Å²) in [4.78, 5) is 11.2. The van der Waals surface area contributed by atoms with Crippen LogP contribution in [0.5, 0.6) is 0 Å². The highest BCUT2D eigenvalue weighted by Gasteiger charge is 2.24. The molecule has 0 radical (unpaired) electrons. The van der Waals surface area contributed by atoms with Crippen LogP contribution in [0, 0.1) is 0 Å². The van der Waals surface area contributed by atoms with Crippen LogP contribution in [0.4, 0.5) is 0 Å². The van der Waals surface area contributed by atoms with Gasteiger partial charge < -0.3 is 13.7 Å². The van der Waals surface area contributed by atoms with Gasteiger partial charge in [-0.25, -0.2) is 4.98 Å². The van der Waals surface area contributed by atoms with Crippen molar-refractivity contribution < 1.29 is 0 Å². The first-order valence-electron chi connectivity index (χ1n) is 29.4. The lowest BCUT2D eigenvalue weighted by atomic mass is 9.94. The monoisotopic (exact) mass is 1090 g/mol. The predicted octanol–water partition coefficient (Wildman–Crippen LogP) is 20.7. The molecule has 0 bridgehead atoms. The predicted molar refractivity (Wildman–Crippen MR) is 359 cm³/mol. The largest absolute Gasteiger partial charge is 0.309 e. The van der Waals surface area contributed by atoms with E-state index in [9.17, 15) is 0 Å². The fourth-order valence-electron chi connectivity index (χ4n) is 14.0. The second-order valence-electron chi connectivity index (χ2n) is 22.5. The normalized spacial score (nSPS) is 12.0. The summed E-state index contributed by atoms with van der Waals surface area (Å²) in [5, 5.41) is 9.54. The van der Waals surface area contributed by atoms with E-state index < -0.39 is 0 Å². The number of rotatable bonds is 8. The van der Waals surface area contributed by atoms with Crippen LogP contribution in [-0.2, 0) is 0 Å². The van der Waals surface area contributed by atoms with Crippen molar-refractivity contribution in [2.75, 3.05) is 0 Å². The Balaban J connectivity index is 0.854. The highest BCUT2D eigenvalue weighted by Crippen LogP contribution is 2.44. The summed E-state index contributed by atoms with van der Waals surface area (Å²) in [5.41, 5.74) is 23.0. The molecule has 0 aliphatic carbocycles. The number of hydrogen-bond acceptors (Lipinski definition) is 2. The fraction of sp³-hybridized carbons (Fsp3) is 0. The molecule has 0 fully saturated rings. The Kier molecular flexibility index (Phi) is 10.6. The molecule has 18 rings (SSSR count). The van der Waals surface area contributed by atoms with Crippen LogP contribution in [0.15, 0.2) is 303 Å². The Labute approximate surface area is 494 Å². The minimum Gasteiger partial charge on any atom is -0.309 e. The highest BCUT2D eigenvalue weighted by atomic mass is 15.1. The van der Waals surface area contributed by atoms with Crippen molar-refractivity contribution in [2.45, 2.75) is 0 Å². The van der Waals surface area contributed by atoms with Gasteiger partial charge in [0.25, 0.3) is 0 Å². The molecule has 0 atom stereocenters. The van der Waals surface area contributed by atoms with Gasteiger partial charge in [0.15, 0.2) is 0 Å². The lowest BCUT2D eigenvalue weighted by Crippen LogP contribution is -2.05. The molecular formula is C80H50N6. The van der Waals surface area contributed by atoms with E-state index >= 15 is 0 Å². The van der Waals surface area contributed by atoms with E-state index in [0.29, 0.717) is 0 Å². The van der Waals surface area contributed by atoms with Crippen LogP contribution in [-0.4, -0.2) is 28.2 Å². The Morgan fingerprint density at radius 3 is 1.06 bits per heavy atom. The van der Waals surface area contributed by atoms with Gasteiger partial charge in [-0.1, -0.05) is 188 Å². The molecule has 400 valence electrons. The summed E-state index contributed by atoms with van der Waals surface area (Å²) < 4.78 is 9.55. The molecule has 0 amide bonds. The molecule has 0 spiro atoms. The zero-order valence-electron chi connectivity index (χ0n) is 46.6. The fourth-order valence-corrected chi connectivity index (χ4v) is 14.0. The summed E-state index contributed by atoms with van der Waals surface area (Å²) in [7, 11) is 0. The average molecular weight is 1100 g/mol. The Hall–Kier alpha value is -11.6. The number of pyridine rings is 2. The van der Waals surface area contributed by atoms with Crippen molar-refractivity contribution in [3.63, 3.8) is 0 Å². The van der Waals surface area contributed by atoms with E-state index in [-0.39, 0.29) is 0 Å². The number of fused-ring (bicyclic) bond motifs is 13. The molecule has 6 heterocycles. The Bertz CT molecular complexity index is 5770. The number of benzene rings is 12. The summed E-state index contributed by atoms with van der Waals surface area (Å²) in [6.45, 7) is 0. The second-order valence-corrected chi connectivity index (χ2v) is 22.5. The smallest absolute Gasteiger partial charge is 0.140 e. The lowest BCUT2D eigenvalue weighted by molar-refractivity contribution is 1.08. The maximum atomic E-state index is 5.84. The molecule has 0 unspecified atom stereocenters. The van der Waals surface area contributed by atoms with E-state index in [1.165, 1.54) is 43.6 Å². The number of aromatic nitrogens is 6. The van der Waals surface area contributed by atoms with Gasteiger partial charge in [-0.3, -0.25) is 9.55 Å². The summed E-state index contributed by atoms with van der Waals surface area (Å²) in [5.74, 6) is 0.804. The van der Waals surface area contributed by atoms with E-state index in [2.05, 4.69) is 316 Å². The topological polar surface area (TPSA) is 45.5 Å². The zero-order chi connectivity index (χ0) is 56.4. The molecular weight excluding hydrogens is 1040 g/mol. The Morgan fingerprint density at radius 1 is 0.221 bits per heavy atom. The molecule has 86 heavy (non-hydrogen) atoms. The zero-order valence-corrected chi connectivity index (χ0v) is 46.6. The molecule has 6 heteroatoms. The molecule has 0 aliphatic heterocycles. The van der Waals surface area contributed by atoms with Crippen LogP contribution < -0.4 is 0 Å².